The maximum absolute atomic E-state index is 12.4. The second-order valence-corrected chi connectivity index (χ2v) is 6.33. The van der Waals surface area contributed by atoms with Gasteiger partial charge in [-0.15, -0.1) is 0 Å². The number of rotatable bonds is 8. The first-order chi connectivity index (χ1) is 13.2. The molecule has 1 heterocycles. The Morgan fingerprint density at radius 3 is 2.56 bits per heavy atom. The van der Waals surface area contributed by atoms with E-state index in [1.54, 1.807) is 38.5 Å². The van der Waals surface area contributed by atoms with E-state index in [2.05, 4.69) is 5.32 Å². The quantitative estimate of drug-likeness (QED) is 0.772. The number of hydrogen-bond donors (Lipinski definition) is 1. The van der Waals surface area contributed by atoms with E-state index in [9.17, 15) is 4.79 Å². The number of methoxy groups -OCH3 is 2. The fourth-order valence-electron chi connectivity index (χ4n) is 2.97. The van der Waals surface area contributed by atoms with Crippen molar-refractivity contribution in [2.24, 2.45) is 0 Å². The molecule has 0 aromatic heterocycles. The Balaban J connectivity index is 1.55. The molecule has 2 aromatic rings. The number of amides is 1. The number of benzene rings is 2. The molecule has 0 spiro atoms. The van der Waals surface area contributed by atoms with Gasteiger partial charge in [0.1, 0.15) is 23.9 Å². The van der Waals surface area contributed by atoms with Crippen LogP contribution in [0.2, 0.25) is 0 Å². The third-order valence-corrected chi connectivity index (χ3v) is 4.50. The monoisotopic (exact) mass is 371 g/mol. The highest BCUT2D eigenvalue weighted by Crippen LogP contribution is 2.24. The summed E-state index contributed by atoms with van der Waals surface area (Å²) in [6, 6.07) is 12.6. The minimum Gasteiger partial charge on any atom is -0.497 e. The van der Waals surface area contributed by atoms with Crippen molar-refractivity contribution in [2.45, 2.75) is 25.5 Å². The van der Waals surface area contributed by atoms with Gasteiger partial charge >= 0.3 is 0 Å². The van der Waals surface area contributed by atoms with Crippen LogP contribution in [0.1, 0.15) is 28.8 Å². The Kier molecular flexibility index (Phi) is 6.54. The molecule has 0 radical (unpaired) electrons. The molecule has 0 bridgehead atoms. The zero-order valence-electron chi connectivity index (χ0n) is 15.7. The Labute approximate surface area is 159 Å². The number of carbonyl (C=O) groups is 1. The summed E-state index contributed by atoms with van der Waals surface area (Å²) in [5.74, 6) is 1.99. The van der Waals surface area contributed by atoms with Gasteiger partial charge in [0.2, 0.25) is 0 Å². The van der Waals surface area contributed by atoms with Crippen LogP contribution in [-0.2, 0) is 11.3 Å². The molecule has 1 unspecified atom stereocenters. The summed E-state index contributed by atoms with van der Waals surface area (Å²) in [4.78, 5) is 12.4. The molecular formula is C21H25NO5. The number of nitrogens with one attached hydrogen (secondary N) is 1. The van der Waals surface area contributed by atoms with E-state index in [1.807, 2.05) is 18.2 Å². The second-order valence-electron chi connectivity index (χ2n) is 6.33. The van der Waals surface area contributed by atoms with Crippen LogP contribution < -0.4 is 19.5 Å². The zero-order chi connectivity index (χ0) is 19.1. The van der Waals surface area contributed by atoms with Crippen molar-refractivity contribution in [3.63, 3.8) is 0 Å². The van der Waals surface area contributed by atoms with E-state index in [1.165, 1.54) is 0 Å². The smallest absolute Gasteiger partial charge is 0.251 e. The predicted molar refractivity (Wildman–Crippen MR) is 102 cm³/mol. The minimum atomic E-state index is -0.162. The van der Waals surface area contributed by atoms with E-state index in [4.69, 9.17) is 18.9 Å². The molecular weight excluding hydrogens is 346 g/mol. The fraction of sp³-hybridized carbons (Fsp3) is 0.381. The SMILES string of the molecule is COc1ccc(OC)c(CNC(=O)c2ccc(OCC3CCCO3)cc2)c1. The van der Waals surface area contributed by atoms with E-state index >= 15 is 0 Å². The lowest BCUT2D eigenvalue weighted by atomic mass is 10.1. The molecule has 1 aliphatic rings. The summed E-state index contributed by atoms with van der Waals surface area (Å²) in [7, 11) is 3.20. The molecule has 1 amide bonds. The molecule has 6 nitrogen and oxygen atoms in total. The van der Waals surface area contributed by atoms with Gasteiger partial charge in [-0.05, 0) is 55.3 Å². The van der Waals surface area contributed by atoms with Crippen molar-refractivity contribution >= 4 is 5.91 Å². The normalized spacial score (nSPS) is 16.0. The summed E-state index contributed by atoms with van der Waals surface area (Å²) in [5.41, 5.74) is 1.42. The van der Waals surface area contributed by atoms with Gasteiger partial charge in [0.25, 0.3) is 5.91 Å². The standard InChI is InChI=1S/C21H25NO5/c1-24-18-9-10-20(25-2)16(12-18)13-22-21(23)15-5-7-17(8-6-15)27-14-19-4-3-11-26-19/h5-10,12,19H,3-4,11,13-14H2,1-2H3,(H,22,23). The van der Waals surface area contributed by atoms with Crippen LogP contribution in [0, 0.1) is 0 Å². The van der Waals surface area contributed by atoms with Crippen molar-refractivity contribution in [3.8, 4) is 17.2 Å². The van der Waals surface area contributed by atoms with Crippen LogP contribution >= 0.6 is 0 Å². The zero-order valence-corrected chi connectivity index (χ0v) is 15.7. The summed E-state index contributed by atoms with van der Waals surface area (Å²) >= 11 is 0. The van der Waals surface area contributed by atoms with E-state index in [0.29, 0.717) is 30.2 Å². The Hall–Kier alpha value is -2.73. The largest absolute Gasteiger partial charge is 0.497 e. The maximum atomic E-state index is 12.4. The first-order valence-electron chi connectivity index (χ1n) is 9.03. The predicted octanol–water partition coefficient (Wildman–Crippen LogP) is 3.19. The van der Waals surface area contributed by atoms with E-state index < -0.39 is 0 Å². The molecule has 0 aliphatic carbocycles. The van der Waals surface area contributed by atoms with Gasteiger partial charge in [0.05, 0.1) is 20.3 Å². The molecule has 6 heteroatoms. The molecule has 1 atom stereocenters. The Morgan fingerprint density at radius 2 is 1.89 bits per heavy atom. The number of carbonyl (C=O) groups excluding carboxylic acids is 1. The highest BCUT2D eigenvalue weighted by Gasteiger charge is 2.16. The van der Waals surface area contributed by atoms with Crippen molar-refractivity contribution in [1.29, 1.82) is 0 Å². The molecule has 1 fully saturated rings. The van der Waals surface area contributed by atoms with Gasteiger partial charge < -0.3 is 24.3 Å². The topological polar surface area (TPSA) is 66.0 Å². The molecule has 1 saturated heterocycles. The number of hydrogen-bond acceptors (Lipinski definition) is 5. The molecule has 1 aliphatic heterocycles. The van der Waals surface area contributed by atoms with Crippen LogP contribution in [0.25, 0.3) is 0 Å². The number of ether oxygens (including phenoxy) is 4. The summed E-state index contributed by atoms with van der Waals surface area (Å²) in [6.07, 6.45) is 2.30. The highest BCUT2D eigenvalue weighted by molar-refractivity contribution is 5.94. The lowest BCUT2D eigenvalue weighted by molar-refractivity contribution is 0.0679. The van der Waals surface area contributed by atoms with Gasteiger partial charge in [-0.2, -0.15) is 0 Å². The first-order valence-corrected chi connectivity index (χ1v) is 9.03. The Morgan fingerprint density at radius 1 is 1.11 bits per heavy atom. The van der Waals surface area contributed by atoms with Gasteiger partial charge in [0, 0.05) is 24.3 Å². The van der Waals surface area contributed by atoms with Gasteiger partial charge in [-0.25, -0.2) is 0 Å². The van der Waals surface area contributed by atoms with Gasteiger partial charge in [-0.1, -0.05) is 0 Å². The first kappa shape index (κ1) is 19.0. The van der Waals surface area contributed by atoms with Crippen LogP contribution in [0.15, 0.2) is 42.5 Å². The van der Waals surface area contributed by atoms with Crippen LogP contribution in [-0.4, -0.2) is 39.4 Å². The summed E-state index contributed by atoms with van der Waals surface area (Å²) in [6.45, 7) is 1.70. The van der Waals surface area contributed by atoms with Crippen molar-refractivity contribution in [3.05, 3.63) is 53.6 Å². The van der Waals surface area contributed by atoms with Crippen molar-refractivity contribution in [1.82, 2.24) is 5.32 Å². The van der Waals surface area contributed by atoms with Crippen LogP contribution in [0.5, 0.6) is 17.2 Å². The Bertz CT molecular complexity index is 754. The second kappa shape index (κ2) is 9.28. The fourth-order valence-corrected chi connectivity index (χ4v) is 2.97. The average molecular weight is 371 g/mol. The highest BCUT2D eigenvalue weighted by atomic mass is 16.5. The lowest BCUT2D eigenvalue weighted by Crippen LogP contribution is -2.23. The molecule has 1 N–H and O–H groups in total. The molecule has 27 heavy (non-hydrogen) atoms. The van der Waals surface area contributed by atoms with Gasteiger partial charge in [-0.3, -0.25) is 4.79 Å². The molecule has 144 valence electrons. The third kappa shape index (κ3) is 5.14. The molecule has 2 aromatic carbocycles. The lowest BCUT2D eigenvalue weighted by Gasteiger charge is -2.13. The summed E-state index contributed by atoms with van der Waals surface area (Å²) in [5, 5.41) is 2.90. The van der Waals surface area contributed by atoms with E-state index in [0.717, 1.165) is 30.8 Å². The maximum Gasteiger partial charge on any atom is 0.251 e. The van der Waals surface area contributed by atoms with Crippen molar-refractivity contribution in [2.75, 3.05) is 27.4 Å². The van der Waals surface area contributed by atoms with Crippen LogP contribution in [0.4, 0.5) is 0 Å². The van der Waals surface area contributed by atoms with Crippen LogP contribution in [0.3, 0.4) is 0 Å². The molecule has 3 rings (SSSR count). The minimum absolute atomic E-state index is 0.162. The van der Waals surface area contributed by atoms with Crippen molar-refractivity contribution < 1.29 is 23.7 Å². The summed E-state index contributed by atoms with van der Waals surface area (Å²) < 4.78 is 21.8. The van der Waals surface area contributed by atoms with E-state index in [-0.39, 0.29) is 12.0 Å². The molecule has 0 saturated carbocycles. The third-order valence-electron chi connectivity index (χ3n) is 4.50. The van der Waals surface area contributed by atoms with Gasteiger partial charge in [0.15, 0.2) is 0 Å². The average Bonchev–Trinajstić information content (AvgIpc) is 3.24.